The van der Waals surface area contributed by atoms with Gasteiger partial charge in [0.15, 0.2) is 0 Å². The first kappa shape index (κ1) is 20.7. The summed E-state index contributed by atoms with van der Waals surface area (Å²) >= 11 is 0. The highest BCUT2D eigenvalue weighted by Gasteiger charge is 2.41. The Hall–Kier alpha value is -2.57. The van der Waals surface area contributed by atoms with Gasteiger partial charge in [0, 0.05) is 13.6 Å². The maximum atomic E-state index is 13.1. The number of benzene rings is 1. The molecule has 0 spiro atoms. The van der Waals surface area contributed by atoms with Gasteiger partial charge in [-0.05, 0) is 24.3 Å². The van der Waals surface area contributed by atoms with Gasteiger partial charge in [0.05, 0.1) is 7.11 Å². The molecular weight excluding hydrogens is 348 g/mol. The third-order valence-corrected chi connectivity index (χ3v) is 4.80. The molecule has 0 aromatic heterocycles. The minimum atomic E-state index is -0.710. The van der Waals surface area contributed by atoms with E-state index in [9.17, 15) is 14.4 Å². The minimum Gasteiger partial charge on any atom is -0.467 e. The van der Waals surface area contributed by atoms with Crippen LogP contribution in [0.2, 0.25) is 0 Å². The van der Waals surface area contributed by atoms with Gasteiger partial charge in [-0.3, -0.25) is 9.69 Å². The fourth-order valence-electron chi connectivity index (χ4n) is 3.41. The van der Waals surface area contributed by atoms with E-state index < -0.39 is 24.1 Å². The monoisotopic (exact) mass is 376 g/mol. The molecule has 1 aliphatic rings. The largest absolute Gasteiger partial charge is 0.467 e. The fraction of sp³-hybridized carbons (Fsp3) is 0.550. The predicted octanol–water partition coefficient (Wildman–Crippen LogP) is 2.44. The van der Waals surface area contributed by atoms with Gasteiger partial charge in [0.1, 0.15) is 18.7 Å². The quantitative estimate of drug-likeness (QED) is 0.713. The first-order valence-electron chi connectivity index (χ1n) is 9.18. The first-order valence-corrected chi connectivity index (χ1v) is 9.18. The third kappa shape index (κ3) is 4.99. The Morgan fingerprint density at radius 2 is 1.89 bits per heavy atom. The highest BCUT2D eigenvalue weighted by Crippen LogP contribution is 2.23. The molecular formula is C20H28N2O5. The van der Waals surface area contributed by atoms with Gasteiger partial charge in [-0.1, -0.05) is 44.2 Å². The number of likely N-dealkylation sites (tertiary alicyclic amines) is 1. The average Bonchev–Trinajstić information content (AvgIpc) is 3.15. The Kier molecular flexibility index (Phi) is 7.21. The van der Waals surface area contributed by atoms with E-state index in [-0.39, 0.29) is 18.4 Å². The second kappa shape index (κ2) is 9.39. The van der Waals surface area contributed by atoms with Crippen LogP contribution in [0.25, 0.3) is 0 Å². The van der Waals surface area contributed by atoms with Gasteiger partial charge in [0.25, 0.3) is 0 Å². The van der Waals surface area contributed by atoms with Crippen molar-refractivity contribution in [3.63, 3.8) is 0 Å². The summed E-state index contributed by atoms with van der Waals surface area (Å²) < 4.78 is 10.2. The van der Waals surface area contributed by atoms with Gasteiger partial charge < -0.3 is 14.4 Å². The second-order valence-corrected chi connectivity index (χ2v) is 7.05. The third-order valence-electron chi connectivity index (χ3n) is 4.80. The molecule has 7 heteroatoms. The maximum absolute atomic E-state index is 13.1. The lowest BCUT2D eigenvalue weighted by Gasteiger charge is -2.34. The Labute approximate surface area is 160 Å². The van der Waals surface area contributed by atoms with Crippen molar-refractivity contribution in [3.8, 4) is 0 Å². The van der Waals surface area contributed by atoms with E-state index >= 15 is 0 Å². The number of methoxy groups -OCH3 is 1. The van der Waals surface area contributed by atoms with E-state index in [2.05, 4.69) is 0 Å². The molecule has 1 unspecified atom stereocenters. The number of ether oxygens (including phenoxy) is 2. The van der Waals surface area contributed by atoms with Crippen LogP contribution in [-0.2, 0) is 25.7 Å². The van der Waals surface area contributed by atoms with E-state index in [0.29, 0.717) is 13.0 Å². The fourth-order valence-corrected chi connectivity index (χ4v) is 3.41. The predicted molar refractivity (Wildman–Crippen MR) is 99.8 cm³/mol. The Balaban J connectivity index is 2.07. The van der Waals surface area contributed by atoms with Crippen LogP contribution in [0.4, 0.5) is 4.79 Å². The number of nitrogens with zero attached hydrogens (tertiary/aromatic N) is 2. The molecule has 1 heterocycles. The van der Waals surface area contributed by atoms with Gasteiger partial charge in [0.2, 0.25) is 5.91 Å². The zero-order chi connectivity index (χ0) is 20.0. The number of carbonyl (C=O) groups is 3. The number of hydrogen-bond acceptors (Lipinski definition) is 5. The molecule has 1 aliphatic heterocycles. The van der Waals surface area contributed by atoms with Crippen LogP contribution in [0.5, 0.6) is 0 Å². The first-order chi connectivity index (χ1) is 12.9. The molecule has 0 radical (unpaired) electrons. The summed E-state index contributed by atoms with van der Waals surface area (Å²) in [5.41, 5.74) is 0.872. The van der Waals surface area contributed by atoms with Crippen LogP contribution in [0.15, 0.2) is 30.3 Å². The molecule has 0 aliphatic carbocycles. The topological polar surface area (TPSA) is 76.2 Å². The molecule has 2 atom stereocenters. The van der Waals surface area contributed by atoms with E-state index in [1.54, 1.807) is 7.05 Å². The van der Waals surface area contributed by atoms with Crippen molar-refractivity contribution in [3.05, 3.63) is 35.9 Å². The summed E-state index contributed by atoms with van der Waals surface area (Å²) in [4.78, 5) is 40.4. The SMILES string of the molecule is COC(=O)[C@@H]1CCCN1C(=O)C(C(C)C)N(C)C(=O)OCc1ccccc1. The lowest BCUT2D eigenvalue weighted by molar-refractivity contribution is -0.153. The van der Waals surface area contributed by atoms with E-state index in [1.165, 1.54) is 16.9 Å². The van der Waals surface area contributed by atoms with Crippen LogP contribution >= 0.6 is 0 Å². The summed E-state index contributed by atoms with van der Waals surface area (Å²) in [7, 11) is 2.87. The Morgan fingerprint density at radius 1 is 1.22 bits per heavy atom. The van der Waals surface area contributed by atoms with E-state index in [1.807, 2.05) is 44.2 Å². The number of hydrogen-bond donors (Lipinski definition) is 0. The standard InChI is InChI=1S/C20H28N2O5/c1-14(2)17(18(23)22-12-8-11-16(22)19(24)26-4)21(3)20(25)27-13-15-9-6-5-7-10-15/h5-7,9-10,14,16-17H,8,11-13H2,1-4H3/t16-,17?/m0/s1. The van der Waals surface area contributed by atoms with Crippen molar-refractivity contribution >= 4 is 18.0 Å². The summed E-state index contributed by atoms with van der Waals surface area (Å²) in [6.45, 7) is 4.35. The molecule has 1 aromatic carbocycles. The van der Waals surface area contributed by atoms with E-state index in [0.717, 1.165) is 12.0 Å². The van der Waals surface area contributed by atoms with Crippen LogP contribution in [0.3, 0.4) is 0 Å². The second-order valence-electron chi connectivity index (χ2n) is 7.05. The summed E-state index contributed by atoms with van der Waals surface area (Å²) in [6, 6.07) is 8.06. The maximum Gasteiger partial charge on any atom is 0.410 e. The number of esters is 1. The van der Waals surface area contributed by atoms with Crippen molar-refractivity contribution in [2.75, 3.05) is 20.7 Å². The average molecular weight is 376 g/mol. The van der Waals surface area contributed by atoms with Gasteiger partial charge in [-0.25, -0.2) is 9.59 Å². The number of amides is 2. The molecule has 0 saturated carbocycles. The lowest BCUT2D eigenvalue weighted by atomic mass is 10.0. The van der Waals surface area contributed by atoms with Gasteiger partial charge in [-0.15, -0.1) is 0 Å². The van der Waals surface area contributed by atoms with Crippen molar-refractivity contribution < 1.29 is 23.9 Å². The summed E-state index contributed by atoms with van der Waals surface area (Å²) in [5, 5.41) is 0. The minimum absolute atomic E-state index is 0.134. The Bertz CT molecular complexity index is 662. The van der Waals surface area contributed by atoms with Crippen molar-refractivity contribution in [1.29, 1.82) is 0 Å². The number of carbonyl (C=O) groups excluding carboxylic acids is 3. The normalized spacial score (nSPS) is 17.5. The van der Waals surface area contributed by atoms with Crippen LogP contribution < -0.4 is 0 Å². The van der Waals surface area contributed by atoms with Crippen molar-refractivity contribution in [1.82, 2.24) is 9.80 Å². The highest BCUT2D eigenvalue weighted by atomic mass is 16.6. The molecule has 0 bridgehead atoms. The molecule has 1 saturated heterocycles. The smallest absolute Gasteiger partial charge is 0.410 e. The highest BCUT2D eigenvalue weighted by molar-refractivity contribution is 5.90. The molecule has 27 heavy (non-hydrogen) atoms. The molecule has 7 nitrogen and oxygen atoms in total. The van der Waals surface area contributed by atoms with Crippen molar-refractivity contribution in [2.45, 2.75) is 45.4 Å². The van der Waals surface area contributed by atoms with E-state index in [4.69, 9.17) is 9.47 Å². The lowest BCUT2D eigenvalue weighted by Crippen LogP contribution is -2.54. The number of rotatable bonds is 6. The molecule has 2 amide bonds. The van der Waals surface area contributed by atoms with Crippen LogP contribution in [-0.4, -0.2) is 60.6 Å². The molecule has 2 rings (SSSR count). The zero-order valence-corrected chi connectivity index (χ0v) is 16.4. The Morgan fingerprint density at radius 3 is 2.48 bits per heavy atom. The molecule has 1 fully saturated rings. The molecule has 0 N–H and O–H groups in total. The molecule has 148 valence electrons. The van der Waals surface area contributed by atoms with Crippen LogP contribution in [0, 0.1) is 5.92 Å². The van der Waals surface area contributed by atoms with Gasteiger partial charge >= 0.3 is 12.1 Å². The summed E-state index contributed by atoms with van der Waals surface area (Å²) in [6.07, 6.45) is 0.740. The van der Waals surface area contributed by atoms with Gasteiger partial charge in [-0.2, -0.15) is 0 Å². The van der Waals surface area contributed by atoms with Crippen LogP contribution in [0.1, 0.15) is 32.3 Å². The summed E-state index contributed by atoms with van der Waals surface area (Å²) in [5.74, 6) is -0.805. The van der Waals surface area contributed by atoms with Crippen molar-refractivity contribution in [2.24, 2.45) is 5.92 Å². The number of likely N-dealkylation sites (N-methyl/N-ethyl adjacent to an activating group) is 1. The molecule has 1 aromatic rings. The zero-order valence-electron chi connectivity index (χ0n) is 16.4.